The number of nitrogens with one attached hydrogen (secondary N) is 2. The molecule has 0 aliphatic carbocycles. The Morgan fingerprint density at radius 2 is 2.00 bits per heavy atom. The van der Waals surface area contributed by atoms with Gasteiger partial charge in [0.15, 0.2) is 0 Å². The lowest BCUT2D eigenvalue weighted by Gasteiger charge is -2.15. The van der Waals surface area contributed by atoms with Crippen molar-refractivity contribution in [1.82, 2.24) is 10.6 Å². The van der Waals surface area contributed by atoms with Gasteiger partial charge in [-0.05, 0) is 42.3 Å². The van der Waals surface area contributed by atoms with Gasteiger partial charge in [-0.3, -0.25) is 0 Å². The van der Waals surface area contributed by atoms with Crippen molar-refractivity contribution in [3.05, 3.63) is 64.7 Å². The van der Waals surface area contributed by atoms with Crippen LogP contribution in [0.3, 0.4) is 0 Å². The van der Waals surface area contributed by atoms with E-state index in [-0.39, 0.29) is 12.1 Å². The molecule has 4 nitrogen and oxygen atoms in total. The molecule has 0 fully saturated rings. The number of hydrogen-bond acceptors (Lipinski definition) is 2. The molecule has 116 valence electrons. The van der Waals surface area contributed by atoms with Crippen LogP contribution in [-0.2, 0) is 6.54 Å². The van der Waals surface area contributed by atoms with Gasteiger partial charge in [0.25, 0.3) is 0 Å². The summed E-state index contributed by atoms with van der Waals surface area (Å²) in [5, 5.41) is 6.36. The number of benzene rings is 2. The number of carbonyl (C=O) groups is 1. The predicted molar refractivity (Wildman–Crippen MR) is 88.2 cm³/mol. The van der Waals surface area contributed by atoms with Gasteiger partial charge in [0, 0.05) is 11.6 Å². The monoisotopic (exact) mass is 318 g/mol. The Kier molecular flexibility index (Phi) is 5.67. The van der Waals surface area contributed by atoms with Crippen molar-refractivity contribution in [3.63, 3.8) is 0 Å². The van der Waals surface area contributed by atoms with Crippen molar-refractivity contribution >= 4 is 17.6 Å². The average molecular weight is 319 g/mol. The zero-order chi connectivity index (χ0) is 15.9. The molecule has 0 unspecified atom stereocenters. The summed E-state index contributed by atoms with van der Waals surface area (Å²) in [6, 6.07) is 14.7. The van der Waals surface area contributed by atoms with Crippen LogP contribution in [0.1, 0.15) is 24.1 Å². The van der Waals surface area contributed by atoms with Gasteiger partial charge < -0.3 is 15.4 Å². The third-order valence-electron chi connectivity index (χ3n) is 3.28. The maximum absolute atomic E-state index is 12.0. The van der Waals surface area contributed by atoms with Crippen molar-refractivity contribution < 1.29 is 9.53 Å². The summed E-state index contributed by atoms with van der Waals surface area (Å²) in [5.41, 5.74) is 1.94. The topological polar surface area (TPSA) is 50.4 Å². The molecule has 0 saturated carbocycles. The van der Waals surface area contributed by atoms with E-state index in [9.17, 15) is 4.79 Å². The zero-order valence-corrected chi connectivity index (χ0v) is 13.4. The molecule has 2 aromatic rings. The van der Waals surface area contributed by atoms with Crippen LogP contribution in [0.4, 0.5) is 4.79 Å². The molecular weight excluding hydrogens is 300 g/mol. The molecule has 2 aromatic carbocycles. The van der Waals surface area contributed by atoms with Gasteiger partial charge in [-0.2, -0.15) is 0 Å². The maximum Gasteiger partial charge on any atom is 0.315 e. The number of amides is 2. The summed E-state index contributed by atoms with van der Waals surface area (Å²) in [6.07, 6.45) is 0. The summed E-state index contributed by atoms with van der Waals surface area (Å²) in [6.45, 7) is 2.35. The standard InChI is InChI=1S/C17H19ClN2O2/c1-12(14-6-4-7-15(18)10-14)20-17(21)19-11-13-5-3-8-16(9-13)22-2/h3-10,12H,11H2,1-2H3,(H2,19,20,21)/t12-/m0/s1. The van der Waals surface area contributed by atoms with Gasteiger partial charge in [0.1, 0.15) is 5.75 Å². The fraction of sp³-hybridized carbons (Fsp3) is 0.235. The number of rotatable bonds is 5. The minimum Gasteiger partial charge on any atom is -0.497 e. The van der Waals surface area contributed by atoms with Crippen LogP contribution in [-0.4, -0.2) is 13.1 Å². The van der Waals surface area contributed by atoms with E-state index in [4.69, 9.17) is 16.3 Å². The van der Waals surface area contributed by atoms with E-state index in [1.54, 1.807) is 13.2 Å². The molecule has 5 heteroatoms. The van der Waals surface area contributed by atoms with Crippen molar-refractivity contribution in [2.24, 2.45) is 0 Å². The van der Waals surface area contributed by atoms with E-state index in [2.05, 4.69) is 10.6 Å². The fourth-order valence-electron chi connectivity index (χ4n) is 2.07. The van der Waals surface area contributed by atoms with Gasteiger partial charge in [0.05, 0.1) is 13.2 Å². The summed E-state index contributed by atoms with van der Waals surface area (Å²) >= 11 is 5.96. The number of halogens is 1. The molecule has 22 heavy (non-hydrogen) atoms. The molecule has 0 spiro atoms. The molecule has 0 saturated heterocycles. The molecule has 0 aliphatic rings. The second kappa shape index (κ2) is 7.71. The van der Waals surface area contributed by atoms with E-state index in [1.807, 2.05) is 49.4 Å². The highest BCUT2D eigenvalue weighted by molar-refractivity contribution is 6.30. The number of ether oxygens (including phenoxy) is 1. The second-order valence-corrected chi connectivity index (χ2v) is 5.39. The normalized spacial score (nSPS) is 11.6. The molecule has 2 amide bonds. The third-order valence-corrected chi connectivity index (χ3v) is 3.52. The molecular formula is C17H19ClN2O2. The number of carbonyl (C=O) groups excluding carboxylic acids is 1. The minimum absolute atomic E-state index is 0.121. The Labute approximate surface area is 135 Å². The Morgan fingerprint density at radius 3 is 2.73 bits per heavy atom. The van der Waals surface area contributed by atoms with E-state index in [0.29, 0.717) is 11.6 Å². The summed E-state index contributed by atoms with van der Waals surface area (Å²) in [7, 11) is 1.62. The Balaban J connectivity index is 1.87. The quantitative estimate of drug-likeness (QED) is 0.878. The Morgan fingerprint density at radius 1 is 1.23 bits per heavy atom. The molecule has 0 aromatic heterocycles. The summed E-state index contributed by atoms with van der Waals surface area (Å²) in [4.78, 5) is 12.0. The van der Waals surface area contributed by atoms with Gasteiger partial charge >= 0.3 is 6.03 Å². The highest BCUT2D eigenvalue weighted by Crippen LogP contribution is 2.17. The number of hydrogen-bond donors (Lipinski definition) is 2. The SMILES string of the molecule is COc1cccc(CNC(=O)N[C@@H](C)c2cccc(Cl)c2)c1. The molecule has 0 heterocycles. The molecule has 0 radical (unpaired) electrons. The van der Waals surface area contributed by atoms with Crippen molar-refractivity contribution in [2.45, 2.75) is 19.5 Å². The first-order valence-electron chi connectivity index (χ1n) is 7.01. The van der Waals surface area contributed by atoms with Crippen LogP contribution in [0, 0.1) is 0 Å². The van der Waals surface area contributed by atoms with E-state index in [1.165, 1.54) is 0 Å². The Hall–Kier alpha value is -2.20. The fourth-order valence-corrected chi connectivity index (χ4v) is 2.27. The average Bonchev–Trinajstić information content (AvgIpc) is 2.53. The smallest absolute Gasteiger partial charge is 0.315 e. The van der Waals surface area contributed by atoms with E-state index >= 15 is 0 Å². The first kappa shape index (κ1) is 16.2. The predicted octanol–water partition coefficient (Wildman–Crippen LogP) is 3.91. The van der Waals surface area contributed by atoms with Crippen LogP contribution in [0.25, 0.3) is 0 Å². The molecule has 1 atom stereocenters. The van der Waals surface area contributed by atoms with Gasteiger partial charge in [-0.15, -0.1) is 0 Å². The lowest BCUT2D eigenvalue weighted by atomic mass is 10.1. The third kappa shape index (κ3) is 4.67. The van der Waals surface area contributed by atoms with Crippen LogP contribution in [0.15, 0.2) is 48.5 Å². The minimum atomic E-state index is -0.227. The zero-order valence-electron chi connectivity index (χ0n) is 12.6. The lowest BCUT2D eigenvalue weighted by Crippen LogP contribution is -2.36. The maximum atomic E-state index is 12.0. The van der Waals surface area contributed by atoms with Gasteiger partial charge in [-0.1, -0.05) is 35.9 Å². The Bertz CT molecular complexity index is 646. The number of methoxy groups -OCH3 is 1. The first-order valence-corrected chi connectivity index (χ1v) is 7.39. The van der Waals surface area contributed by atoms with Gasteiger partial charge in [-0.25, -0.2) is 4.79 Å². The molecule has 0 aliphatic heterocycles. The second-order valence-electron chi connectivity index (χ2n) is 4.96. The summed E-state index contributed by atoms with van der Waals surface area (Å²) < 4.78 is 5.15. The van der Waals surface area contributed by atoms with Crippen LogP contribution in [0.2, 0.25) is 5.02 Å². The number of urea groups is 1. The summed E-state index contributed by atoms with van der Waals surface area (Å²) in [5.74, 6) is 0.770. The molecule has 2 rings (SSSR count). The van der Waals surface area contributed by atoms with Crippen molar-refractivity contribution in [1.29, 1.82) is 0 Å². The molecule has 2 N–H and O–H groups in total. The van der Waals surface area contributed by atoms with Crippen LogP contribution < -0.4 is 15.4 Å². The van der Waals surface area contributed by atoms with E-state index < -0.39 is 0 Å². The van der Waals surface area contributed by atoms with E-state index in [0.717, 1.165) is 16.9 Å². The van der Waals surface area contributed by atoms with Crippen LogP contribution in [0.5, 0.6) is 5.75 Å². The first-order chi connectivity index (χ1) is 10.6. The molecule has 0 bridgehead atoms. The largest absolute Gasteiger partial charge is 0.497 e. The van der Waals surface area contributed by atoms with Crippen LogP contribution >= 0.6 is 11.6 Å². The van der Waals surface area contributed by atoms with Crippen molar-refractivity contribution in [2.75, 3.05) is 7.11 Å². The highest BCUT2D eigenvalue weighted by Gasteiger charge is 2.09. The van der Waals surface area contributed by atoms with Gasteiger partial charge in [0.2, 0.25) is 0 Å². The van der Waals surface area contributed by atoms with Crippen molar-refractivity contribution in [3.8, 4) is 5.75 Å². The lowest BCUT2D eigenvalue weighted by molar-refractivity contribution is 0.237. The highest BCUT2D eigenvalue weighted by atomic mass is 35.5.